The van der Waals surface area contributed by atoms with Gasteiger partial charge in [-0.1, -0.05) is 6.07 Å². The van der Waals surface area contributed by atoms with Crippen molar-refractivity contribution in [1.82, 2.24) is 9.88 Å². The number of carbonyl (C=O) groups is 1. The van der Waals surface area contributed by atoms with Crippen molar-refractivity contribution >= 4 is 22.9 Å². The molecule has 30 heavy (non-hydrogen) atoms. The third kappa shape index (κ3) is 3.56. The monoisotopic (exact) mass is 402 g/mol. The first-order valence-corrected chi connectivity index (χ1v) is 10.6. The van der Waals surface area contributed by atoms with Gasteiger partial charge in [-0.15, -0.1) is 0 Å². The molecule has 0 spiro atoms. The van der Waals surface area contributed by atoms with Crippen LogP contribution in [0.1, 0.15) is 35.4 Å². The van der Waals surface area contributed by atoms with Crippen molar-refractivity contribution in [3.05, 3.63) is 65.4 Å². The summed E-state index contributed by atoms with van der Waals surface area (Å²) in [5.41, 5.74) is 4.73. The lowest BCUT2D eigenvalue weighted by molar-refractivity contribution is -0.126. The molecule has 1 N–H and O–H groups in total. The molecule has 5 heteroatoms. The topological polar surface area (TPSA) is 54.6 Å². The minimum Gasteiger partial charge on any atom is -0.497 e. The van der Waals surface area contributed by atoms with Gasteiger partial charge in [-0.25, -0.2) is 0 Å². The minimum atomic E-state index is 0.0887. The number of nitrogens with one attached hydrogen (secondary N) is 1. The highest BCUT2D eigenvalue weighted by Gasteiger charge is 2.24. The molecule has 154 valence electrons. The summed E-state index contributed by atoms with van der Waals surface area (Å²) in [6, 6.07) is 12.3. The number of fused-ring (bicyclic) bond motifs is 2. The summed E-state index contributed by atoms with van der Waals surface area (Å²) < 4.78 is 10.9. The molecule has 0 atom stereocenters. The van der Waals surface area contributed by atoms with Crippen molar-refractivity contribution in [2.75, 3.05) is 26.8 Å². The van der Waals surface area contributed by atoms with Crippen molar-refractivity contribution in [1.29, 1.82) is 0 Å². The fourth-order valence-electron chi connectivity index (χ4n) is 4.58. The number of H-pyrrole nitrogens is 1. The molecule has 2 aliphatic heterocycles. The molecule has 0 unspecified atom stereocenters. The van der Waals surface area contributed by atoms with Gasteiger partial charge in [0.2, 0.25) is 5.91 Å². The molecule has 1 aromatic heterocycles. The second-order valence-corrected chi connectivity index (χ2v) is 8.05. The molecular weight excluding hydrogens is 376 g/mol. The summed E-state index contributed by atoms with van der Waals surface area (Å²) in [5, 5.41) is 1.22. The quantitative estimate of drug-likeness (QED) is 0.653. The zero-order chi connectivity index (χ0) is 20.5. The third-order valence-corrected chi connectivity index (χ3v) is 6.30. The van der Waals surface area contributed by atoms with Gasteiger partial charge in [-0.05, 0) is 71.9 Å². The Kier molecular flexibility index (Phi) is 4.95. The summed E-state index contributed by atoms with van der Waals surface area (Å²) in [5.74, 6) is 2.39. The number of benzene rings is 2. The molecular formula is C25H26N2O3. The van der Waals surface area contributed by atoms with E-state index in [2.05, 4.69) is 29.4 Å². The van der Waals surface area contributed by atoms with E-state index >= 15 is 0 Å². The lowest BCUT2D eigenvalue weighted by Crippen LogP contribution is -2.36. The van der Waals surface area contributed by atoms with Crippen molar-refractivity contribution in [3.8, 4) is 11.5 Å². The van der Waals surface area contributed by atoms with E-state index in [1.165, 1.54) is 16.5 Å². The number of likely N-dealkylation sites (tertiary alicyclic amines) is 1. The Morgan fingerprint density at radius 2 is 2.07 bits per heavy atom. The van der Waals surface area contributed by atoms with E-state index in [0.29, 0.717) is 5.92 Å². The number of methoxy groups -OCH3 is 1. The molecule has 0 radical (unpaired) electrons. The van der Waals surface area contributed by atoms with E-state index in [-0.39, 0.29) is 5.91 Å². The minimum absolute atomic E-state index is 0.0887. The summed E-state index contributed by atoms with van der Waals surface area (Å²) in [6.45, 7) is 2.31. The van der Waals surface area contributed by atoms with Crippen LogP contribution in [0, 0.1) is 0 Å². The fraction of sp³-hybridized carbons (Fsp3) is 0.320. The number of piperidine rings is 1. The highest BCUT2D eigenvalue weighted by Crippen LogP contribution is 2.34. The van der Waals surface area contributed by atoms with E-state index in [9.17, 15) is 4.79 Å². The Balaban J connectivity index is 1.23. The third-order valence-electron chi connectivity index (χ3n) is 6.30. The number of aromatic amines is 1. The Morgan fingerprint density at radius 3 is 2.90 bits per heavy atom. The van der Waals surface area contributed by atoms with Gasteiger partial charge in [-0.3, -0.25) is 4.79 Å². The van der Waals surface area contributed by atoms with Crippen LogP contribution in [0.5, 0.6) is 11.5 Å². The van der Waals surface area contributed by atoms with Crippen molar-refractivity contribution < 1.29 is 14.3 Å². The predicted octanol–water partition coefficient (Wildman–Crippen LogP) is 4.53. The van der Waals surface area contributed by atoms with E-state index in [0.717, 1.165) is 61.5 Å². The first-order valence-electron chi connectivity index (χ1n) is 10.6. The van der Waals surface area contributed by atoms with Crippen LogP contribution in [0.15, 0.2) is 48.7 Å². The van der Waals surface area contributed by atoms with E-state index in [4.69, 9.17) is 9.47 Å². The van der Waals surface area contributed by atoms with Crippen molar-refractivity contribution in [3.63, 3.8) is 0 Å². The maximum atomic E-state index is 12.7. The molecule has 0 aliphatic carbocycles. The van der Waals surface area contributed by atoms with Crippen LogP contribution in [-0.4, -0.2) is 42.6 Å². The van der Waals surface area contributed by atoms with Gasteiger partial charge in [0.05, 0.1) is 13.7 Å². The summed E-state index contributed by atoms with van der Waals surface area (Å²) in [7, 11) is 1.70. The molecule has 2 aliphatic rings. The highest BCUT2D eigenvalue weighted by molar-refractivity contribution is 5.92. The zero-order valence-electron chi connectivity index (χ0n) is 17.2. The van der Waals surface area contributed by atoms with Crippen LogP contribution < -0.4 is 9.47 Å². The van der Waals surface area contributed by atoms with E-state index < -0.39 is 0 Å². The number of rotatable bonds is 4. The summed E-state index contributed by atoms with van der Waals surface area (Å²) in [6.07, 6.45) is 8.62. The molecule has 0 saturated carbocycles. The van der Waals surface area contributed by atoms with Crippen LogP contribution in [0.4, 0.5) is 0 Å². The van der Waals surface area contributed by atoms with Gasteiger partial charge in [0.15, 0.2) is 0 Å². The highest BCUT2D eigenvalue weighted by atomic mass is 16.5. The largest absolute Gasteiger partial charge is 0.497 e. The second kappa shape index (κ2) is 7.90. The Hall–Kier alpha value is -3.21. The number of aromatic nitrogens is 1. The number of amides is 1. The van der Waals surface area contributed by atoms with Crippen molar-refractivity contribution in [2.24, 2.45) is 0 Å². The van der Waals surface area contributed by atoms with Crippen molar-refractivity contribution in [2.45, 2.75) is 25.2 Å². The normalized spacial score (nSPS) is 16.8. The van der Waals surface area contributed by atoms with Crippen LogP contribution in [0.3, 0.4) is 0 Å². The molecule has 3 heterocycles. The van der Waals surface area contributed by atoms with E-state index in [1.54, 1.807) is 13.2 Å². The van der Waals surface area contributed by atoms with Crippen LogP contribution >= 0.6 is 0 Å². The maximum absolute atomic E-state index is 12.7. The molecule has 5 nitrogen and oxygen atoms in total. The predicted molar refractivity (Wildman–Crippen MR) is 118 cm³/mol. The Bertz CT molecular complexity index is 1110. The number of hydrogen-bond acceptors (Lipinski definition) is 3. The smallest absolute Gasteiger partial charge is 0.246 e. The lowest BCUT2D eigenvalue weighted by Gasteiger charge is -2.31. The lowest BCUT2D eigenvalue weighted by atomic mass is 9.89. The molecule has 1 fully saturated rings. The molecule has 3 aromatic rings. The second-order valence-electron chi connectivity index (χ2n) is 8.05. The van der Waals surface area contributed by atoms with Gasteiger partial charge in [0, 0.05) is 42.7 Å². The van der Waals surface area contributed by atoms with Gasteiger partial charge < -0.3 is 19.4 Å². The van der Waals surface area contributed by atoms with E-state index in [1.807, 2.05) is 29.2 Å². The van der Waals surface area contributed by atoms with Crippen LogP contribution in [0.25, 0.3) is 17.0 Å². The maximum Gasteiger partial charge on any atom is 0.246 e. The molecule has 2 aromatic carbocycles. The first-order chi connectivity index (χ1) is 14.7. The standard InChI is InChI=1S/C25H26N2O3/c1-29-20-4-5-23-21(15-20)22(16-26-23)18-8-11-27(12-9-18)25(28)7-3-17-2-6-24-19(14-17)10-13-30-24/h2-7,14-16,18,26H,8-13H2,1H3/b7-3+. The van der Waals surface area contributed by atoms with Crippen LogP contribution in [0.2, 0.25) is 0 Å². The number of ether oxygens (including phenoxy) is 2. The fourth-order valence-corrected chi connectivity index (χ4v) is 4.58. The molecule has 1 amide bonds. The first kappa shape index (κ1) is 18.8. The molecule has 1 saturated heterocycles. The van der Waals surface area contributed by atoms with Gasteiger partial charge in [0.25, 0.3) is 0 Å². The molecule has 5 rings (SSSR count). The van der Waals surface area contributed by atoms with Crippen LogP contribution in [-0.2, 0) is 11.2 Å². The SMILES string of the molecule is COc1ccc2[nH]cc(C3CCN(C(=O)/C=C/c4ccc5c(c4)CCO5)CC3)c2c1. The summed E-state index contributed by atoms with van der Waals surface area (Å²) >= 11 is 0. The van der Waals surface area contributed by atoms with Gasteiger partial charge in [-0.2, -0.15) is 0 Å². The number of nitrogens with zero attached hydrogens (tertiary/aromatic N) is 1. The average molecular weight is 402 g/mol. The Morgan fingerprint density at radius 1 is 1.20 bits per heavy atom. The summed E-state index contributed by atoms with van der Waals surface area (Å²) in [4.78, 5) is 18.0. The zero-order valence-corrected chi connectivity index (χ0v) is 17.2. The molecule has 0 bridgehead atoms. The number of carbonyl (C=O) groups excluding carboxylic acids is 1. The Labute approximate surface area is 176 Å². The average Bonchev–Trinajstić information content (AvgIpc) is 3.43. The van der Waals surface area contributed by atoms with Gasteiger partial charge in [0.1, 0.15) is 11.5 Å². The number of hydrogen-bond donors (Lipinski definition) is 1. The van der Waals surface area contributed by atoms with Gasteiger partial charge >= 0.3 is 0 Å².